The number of fused-ring (bicyclic) bond motifs is 1. The molecule has 4 N–H and O–H groups in total. The molecule has 1 aliphatic carbocycles. The van der Waals surface area contributed by atoms with Gasteiger partial charge in [0, 0.05) is 12.3 Å². The molecule has 1 aliphatic heterocycles. The van der Waals surface area contributed by atoms with Gasteiger partial charge in [0.1, 0.15) is 12.6 Å². The monoisotopic (exact) mass is 268 g/mol. The fraction of sp³-hybridized carbons (Fsp3) is 0.455. The summed E-state index contributed by atoms with van der Waals surface area (Å²) >= 11 is 0. The standard InChI is InChI=1S/C11H12N2O6/c1-10-8(13-3-2-6(15)12-9(13)17)11(10,18)7(16)5(4-14)19-10/h2-3,8,14,16,18H,4H2,1H3,(H,12,15,17)/t8-,10?,11?/m1/s1. The second-order valence-electron chi connectivity index (χ2n) is 4.83. The summed E-state index contributed by atoms with van der Waals surface area (Å²) in [6.45, 7) is 0.963. The fourth-order valence-electron chi connectivity index (χ4n) is 2.77. The summed E-state index contributed by atoms with van der Waals surface area (Å²) in [7, 11) is 0. The number of hydrogen-bond donors (Lipinski definition) is 4. The first-order valence-corrected chi connectivity index (χ1v) is 5.62. The smallest absolute Gasteiger partial charge is 0.328 e. The predicted octanol–water partition coefficient (Wildman–Crippen LogP) is -1.63. The lowest BCUT2D eigenvalue weighted by Crippen LogP contribution is -2.31. The molecule has 2 unspecified atom stereocenters. The number of H-pyrrole nitrogens is 1. The normalized spacial score (nSPS) is 36.1. The Balaban J connectivity index is 2.10. The molecule has 8 heteroatoms. The zero-order valence-electron chi connectivity index (χ0n) is 9.95. The van der Waals surface area contributed by atoms with Crippen molar-refractivity contribution in [2.75, 3.05) is 6.61 Å². The Kier molecular flexibility index (Phi) is 2.07. The number of rotatable bonds is 2. The summed E-state index contributed by atoms with van der Waals surface area (Å²) in [5, 5.41) is 29.2. The Labute approximate surface area is 106 Å². The second kappa shape index (κ2) is 3.28. The Bertz CT molecular complexity index is 704. The predicted molar refractivity (Wildman–Crippen MR) is 61.5 cm³/mol. The molecule has 0 bridgehead atoms. The maximum absolute atomic E-state index is 11.7. The molecule has 1 fully saturated rings. The van der Waals surface area contributed by atoms with Gasteiger partial charge in [0.25, 0.3) is 5.56 Å². The van der Waals surface area contributed by atoms with Crippen LogP contribution in [0.1, 0.15) is 13.0 Å². The van der Waals surface area contributed by atoms with Gasteiger partial charge >= 0.3 is 5.69 Å². The highest BCUT2D eigenvalue weighted by Crippen LogP contribution is 2.67. The number of nitrogens with one attached hydrogen (secondary N) is 1. The summed E-state index contributed by atoms with van der Waals surface area (Å²) in [6.07, 6.45) is 1.22. The van der Waals surface area contributed by atoms with E-state index in [9.17, 15) is 19.8 Å². The van der Waals surface area contributed by atoms with Crippen molar-refractivity contribution in [1.29, 1.82) is 0 Å². The van der Waals surface area contributed by atoms with Crippen LogP contribution >= 0.6 is 0 Å². The van der Waals surface area contributed by atoms with Crippen LogP contribution in [0.15, 0.2) is 33.4 Å². The lowest BCUT2D eigenvalue weighted by atomic mass is 10.2. The Morgan fingerprint density at radius 2 is 2.21 bits per heavy atom. The fourth-order valence-corrected chi connectivity index (χ4v) is 2.77. The first-order valence-electron chi connectivity index (χ1n) is 5.62. The molecular weight excluding hydrogens is 256 g/mol. The van der Waals surface area contributed by atoms with Crippen LogP contribution in [0.5, 0.6) is 0 Å². The van der Waals surface area contributed by atoms with Crippen LogP contribution in [0.25, 0.3) is 0 Å². The van der Waals surface area contributed by atoms with Crippen molar-refractivity contribution < 1.29 is 20.1 Å². The topological polar surface area (TPSA) is 125 Å². The third kappa shape index (κ3) is 1.19. The Hall–Kier alpha value is -2.06. The average Bonchev–Trinajstić information content (AvgIpc) is 2.75. The van der Waals surface area contributed by atoms with E-state index in [0.717, 1.165) is 10.6 Å². The largest absolute Gasteiger partial charge is 0.506 e. The number of nitrogens with zero attached hydrogens (tertiary/aromatic N) is 1. The van der Waals surface area contributed by atoms with Crippen LogP contribution in [0.2, 0.25) is 0 Å². The quantitative estimate of drug-likeness (QED) is 0.510. The van der Waals surface area contributed by atoms with Crippen molar-refractivity contribution in [3.63, 3.8) is 0 Å². The van der Waals surface area contributed by atoms with E-state index < -0.39 is 40.9 Å². The van der Waals surface area contributed by atoms with Gasteiger partial charge in [-0.05, 0) is 6.92 Å². The maximum atomic E-state index is 11.7. The average molecular weight is 268 g/mol. The molecular formula is C11H12N2O6. The van der Waals surface area contributed by atoms with E-state index in [1.165, 1.54) is 13.1 Å². The molecule has 19 heavy (non-hydrogen) atoms. The third-order valence-electron chi connectivity index (χ3n) is 3.82. The van der Waals surface area contributed by atoms with Crippen LogP contribution in [0, 0.1) is 0 Å². The van der Waals surface area contributed by atoms with Crippen LogP contribution in [0.3, 0.4) is 0 Å². The minimum atomic E-state index is -1.77. The van der Waals surface area contributed by atoms with Crippen LogP contribution in [-0.2, 0) is 4.74 Å². The van der Waals surface area contributed by atoms with Gasteiger partial charge in [-0.25, -0.2) is 4.79 Å². The molecule has 1 saturated carbocycles. The SMILES string of the molecule is CC12OC(CO)=C(O)C1(O)[C@@H]2n1ccc(=O)[nH]c1=O. The maximum Gasteiger partial charge on any atom is 0.328 e. The summed E-state index contributed by atoms with van der Waals surface area (Å²) in [6, 6.07) is 0.273. The molecule has 0 amide bonds. The van der Waals surface area contributed by atoms with Crippen LogP contribution in [0.4, 0.5) is 0 Å². The zero-order valence-corrected chi connectivity index (χ0v) is 9.95. The van der Waals surface area contributed by atoms with Crippen molar-refractivity contribution in [3.05, 3.63) is 44.6 Å². The van der Waals surface area contributed by atoms with Crippen LogP contribution in [-0.4, -0.2) is 42.7 Å². The van der Waals surface area contributed by atoms with Gasteiger partial charge in [-0.2, -0.15) is 0 Å². The number of ether oxygens (including phenoxy) is 1. The van der Waals surface area contributed by atoms with Crippen molar-refractivity contribution in [3.8, 4) is 0 Å². The number of aromatic amines is 1. The summed E-state index contributed by atoms with van der Waals surface area (Å²) in [5.74, 6) is -0.598. The highest BCUT2D eigenvalue weighted by Gasteiger charge is 2.84. The van der Waals surface area contributed by atoms with Gasteiger partial charge in [0.05, 0.1) is 0 Å². The van der Waals surface area contributed by atoms with E-state index in [1.54, 1.807) is 0 Å². The number of hydrogen-bond acceptors (Lipinski definition) is 6. The molecule has 0 radical (unpaired) electrons. The minimum Gasteiger partial charge on any atom is -0.506 e. The van der Waals surface area contributed by atoms with E-state index in [1.807, 2.05) is 0 Å². The Morgan fingerprint density at radius 3 is 2.68 bits per heavy atom. The molecule has 2 heterocycles. The highest BCUT2D eigenvalue weighted by atomic mass is 16.6. The van der Waals surface area contributed by atoms with Gasteiger partial charge in [-0.15, -0.1) is 0 Å². The summed E-state index contributed by atoms with van der Waals surface area (Å²) in [4.78, 5) is 24.8. The molecule has 0 saturated heterocycles. The molecule has 102 valence electrons. The van der Waals surface area contributed by atoms with Crippen molar-refractivity contribution in [1.82, 2.24) is 9.55 Å². The molecule has 8 nitrogen and oxygen atoms in total. The molecule has 2 aliphatic rings. The highest BCUT2D eigenvalue weighted by molar-refractivity contribution is 5.45. The van der Waals surface area contributed by atoms with E-state index in [4.69, 9.17) is 9.84 Å². The molecule has 1 aromatic heterocycles. The van der Waals surface area contributed by atoms with E-state index in [2.05, 4.69) is 4.98 Å². The van der Waals surface area contributed by atoms with Crippen molar-refractivity contribution in [2.45, 2.75) is 24.2 Å². The minimum absolute atomic E-state index is 0.112. The van der Waals surface area contributed by atoms with Gasteiger partial charge in [-0.3, -0.25) is 14.3 Å². The molecule has 1 aromatic rings. The third-order valence-corrected chi connectivity index (χ3v) is 3.82. The van der Waals surface area contributed by atoms with E-state index in [-0.39, 0.29) is 5.76 Å². The zero-order chi connectivity index (χ0) is 14.0. The van der Waals surface area contributed by atoms with Gasteiger partial charge < -0.3 is 20.1 Å². The van der Waals surface area contributed by atoms with Crippen molar-refractivity contribution in [2.24, 2.45) is 0 Å². The summed E-state index contributed by atoms with van der Waals surface area (Å²) in [5.41, 5.74) is -4.27. The number of aromatic nitrogens is 2. The molecule has 3 rings (SSSR count). The van der Waals surface area contributed by atoms with Gasteiger partial charge in [0.15, 0.2) is 22.7 Å². The number of aliphatic hydroxyl groups is 3. The molecule has 0 spiro atoms. The molecule has 0 aromatic carbocycles. The second-order valence-corrected chi connectivity index (χ2v) is 4.83. The lowest BCUT2D eigenvalue weighted by molar-refractivity contribution is 0.0434. The number of aliphatic hydroxyl groups excluding tert-OH is 2. The van der Waals surface area contributed by atoms with E-state index in [0.29, 0.717) is 0 Å². The lowest BCUT2D eigenvalue weighted by Gasteiger charge is -2.14. The van der Waals surface area contributed by atoms with Crippen LogP contribution < -0.4 is 11.2 Å². The molecule has 3 atom stereocenters. The van der Waals surface area contributed by atoms with Gasteiger partial charge in [-0.1, -0.05) is 0 Å². The van der Waals surface area contributed by atoms with Crippen molar-refractivity contribution >= 4 is 0 Å². The van der Waals surface area contributed by atoms with Gasteiger partial charge in [0.2, 0.25) is 0 Å². The first-order chi connectivity index (χ1) is 8.86. The summed E-state index contributed by atoms with van der Waals surface area (Å²) < 4.78 is 6.41. The first kappa shape index (κ1) is 12.0. The Morgan fingerprint density at radius 1 is 1.53 bits per heavy atom. The van der Waals surface area contributed by atoms with E-state index >= 15 is 0 Å².